The topological polar surface area (TPSA) is 76.3 Å². The second kappa shape index (κ2) is 9.53. The van der Waals surface area contributed by atoms with Gasteiger partial charge in [0.1, 0.15) is 0 Å². The molecule has 0 fully saturated rings. The molecule has 0 unspecified atom stereocenters. The van der Waals surface area contributed by atoms with Crippen LogP contribution in [0.2, 0.25) is 0 Å². The number of nitro groups is 1. The zero-order valence-corrected chi connectivity index (χ0v) is 18.3. The number of rotatable bonds is 7. The average molecular weight is 444 g/mol. The summed E-state index contributed by atoms with van der Waals surface area (Å²) in [5.74, 6) is -0.207. The van der Waals surface area contributed by atoms with Crippen molar-refractivity contribution in [3.05, 3.63) is 106 Å². The molecule has 0 N–H and O–H groups in total. The van der Waals surface area contributed by atoms with Gasteiger partial charge in [-0.15, -0.1) is 0 Å². The van der Waals surface area contributed by atoms with Crippen LogP contribution in [0.15, 0.2) is 78.9 Å². The molecule has 32 heavy (non-hydrogen) atoms. The van der Waals surface area contributed by atoms with Gasteiger partial charge in [-0.3, -0.25) is 19.8 Å². The zero-order chi connectivity index (χ0) is 22.5. The summed E-state index contributed by atoms with van der Waals surface area (Å²) in [6.45, 7) is 2.50. The van der Waals surface area contributed by atoms with Crippen LogP contribution < -0.4 is 4.90 Å². The van der Waals surface area contributed by atoms with Gasteiger partial charge in [0.2, 0.25) is 0 Å². The van der Waals surface area contributed by atoms with E-state index in [2.05, 4.69) is 19.1 Å². The van der Waals surface area contributed by atoms with E-state index in [1.165, 1.54) is 35.1 Å². The molecule has 0 aliphatic heterocycles. The molecular weight excluding hydrogens is 422 g/mol. The lowest BCUT2D eigenvalue weighted by atomic mass is 10.2. The molecule has 0 spiro atoms. The Hall–Kier alpha value is -3.84. The van der Waals surface area contributed by atoms with E-state index in [9.17, 15) is 14.9 Å². The third-order valence-corrected chi connectivity index (χ3v) is 6.09. The van der Waals surface area contributed by atoms with E-state index in [0.717, 1.165) is 22.2 Å². The molecule has 4 rings (SSSR count). The molecular formula is C25H21N3O3S. The van der Waals surface area contributed by atoms with Crippen molar-refractivity contribution in [2.24, 2.45) is 0 Å². The van der Waals surface area contributed by atoms with Gasteiger partial charge in [0.15, 0.2) is 5.13 Å². The fourth-order valence-electron chi connectivity index (χ4n) is 3.26. The fourth-order valence-corrected chi connectivity index (χ4v) is 4.30. The minimum atomic E-state index is -0.447. The third-order valence-electron chi connectivity index (χ3n) is 5.05. The zero-order valence-electron chi connectivity index (χ0n) is 17.5. The molecule has 7 heteroatoms. The van der Waals surface area contributed by atoms with E-state index in [-0.39, 0.29) is 11.6 Å². The Labute approximate surface area is 189 Å². The van der Waals surface area contributed by atoms with Crippen LogP contribution in [-0.4, -0.2) is 15.8 Å². The standard InChI is InChI=1S/C25H21N3O3S/c1-2-18-10-14-22-23(16-18)32-25(26-22)27(17-20-6-4-3-5-7-20)24(29)15-11-19-8-12-21(13-9-19)28(30)31/h3-16H,2,17H2,1H3/b15-11+. The van der Waals surface area contributed by atoms with Gasteiger partial charge in [0.25, 0.3) is 11.6 Å². The number of hydrogen-bond acceptors (Lipinski definition) is 5. The predicted molar refractivity (Wildman–Crippen MR) is 129 cm³/mol. The Balaban J connectivity index is 1.64. The molecule has 0 aliphatic rings. The monoisotopic (exact) mass is 443 g/mol. The Bertz CT molecular complexity index is 1280. The second-order valence-corrected chi connectivity index (χ2v) is 8.25. The fraction of sp³-hybridized carbons (Fsp3) is 0.120. The number of nitrogens with zero attached hydrogens (tertiary/aromatic N) is 3. The minimum absolute atomic E-state index is 0.0140. The summed E-state index contributed by atoms with van der Waals surface area (Å²) in [4.78, 5) is 29.9. The molecule has 0 bridgehead atoms. The minimum Gasteiger partial charge on any atom is -0.280 e. The van der Waals surface area contributed by atoms with Crippen LogP contribution >= 0.6 is 11.3 Å². The maximum atomic E-state index is 13.2. The summed E-state index contributed by atoms with van der Waals surface area (Å²) in [6.07, 6.45) is 4.08. The highest BCUT2D eigenvalue weighted by Crippen LogP contribution is 2.31. The van der Waals surface area contributed by atoms with E-state index in [4.69, 9.17) is 4.98 Å². The SMILES string of the molecule is CCc1ccc2nc(N(Cc3ccccc3)C(=O)/C=C/c3ccc([N+](=O)[O-])cc3)sc2c1. The normalized spacial score (nSPS) is 11.2. The molecule has 0 aliphatic carbocycles. The molecule has 3 aromatic carbocycles. The number of anilines is 1. The number of aryl methyl sites for hydroxylation is 1. The lowest BCUT2D eigenvalue weighted by Crippen LogP contribution is -2.28. The number of thiazole rings is 1. The van der Waals surface area contributed by atoms with E-state index in [1.54, 1.807) is 23.1 Å². The second-order valence-electron chi connectivity index (χ2n) is 7.24. The number of aromatic nitrogens is 1. The summed E-state index contributed by atoms with van der Waals surface area (Å²) < 4.78 is 1.05. The number of carbonyl (C=O) groups is 1. The van der Waals surface area contributed by atoms with Crippen LogP contribution in [-0.2, 0) is 17.8 Å². The maximum Gasteiger partial charge on any atom is 0.269 e. The highest BCUT2D eigenvalue weighted by molar-refractivity contribution is 7.22. The Morgan fingerprint density at radius 2 is 1.81 bits per heavy atom. The largest absolute Gasteiger partial charge is 0.280 e. The lowest BCUT2D eigenvalue weighted by Gasteiger charge is -2.18. The van der Waals surface area contributed by atoms with E-state index < -0.39 is 4.92 Å². The first-order valence-electron chi connectivity index (χ1n) is 10.2. The molecule has 1 amide bonds. The number of hydrogen-bond donors (Lipinski definition) is 0. The smallest absolute Gasteiger partial charge is 0.269 e. The van der Waals surface area contributed by atoms with Crippen molar-refractivity contribution in [1.29, 1.82) is 0 Å². The molecule has 1 aromatic heterocycles. The molecule has 160 valence electrons. The lowest BCUT2D eigenvalue weighted by molar-refractivity contribution is -0.384. The molecule has 0 atom stereocenters. The Morgan fingerprint density at radius 1 is 1.06 bits per heavy atom. The first kappa shape index (κ1) is 21.4. The van der Waals surface area contributed by atoms with Crippen LogP contribution in [0.4, 0.5) is 10.8 Å². The van der Waals surface area contributed by atoms with Crippen molar-refractivity contribution < 1.29 is 9.72 Å². The number of benzene rings is 3. The molecule has 1 heterocycles. The van der Waals surface area contributed by atoms with Crippen molar-refractivity contribution in [3.8, 4) is 0 Å². The first-order chi connectivity index (χ1) is 15.5. The Morgan fingerprint density at radius 3 is 2.50 bits per heavy atom. The van der Waals surface area contributed by atoms with Crippen molar-refractivity contribution in [1.82, 2.24) is 4.98 Å². The van der Waals surface area contributed by atoms with Crippen LogP contribution in [0.3, 0.4) is 0 Å². The van der Waals surface area contributed by atoms with Crippen molar-refractivity contribution in [3.63, 3.8) is 0 Å². The van der Waals surface area contributed by atoms with Crippen LogP contribution in [0.5, 0.6) is 0 Å². The maximum absolute atomic E-state index is 13.2. The van der Waals surface area contributed by atoms with Crippen molar-refractivity contribution in [2.75, 3.05) is 4.90 Å². The van der Waals surface area contributed by atoms with Gasteiger partial charge in [-0.2, -0.15) is 0 Å². The van der Waals surface area contributed by atoms with E-state index in [0.29, 0.717) is 17.2 Å². The first-order valence-corrected chi connectivity index (χ1v) is 11.0. The van der Waals surface area contributed by atoms with Gasteiger partial charge in [-0.05, 0) is 53.5 Å². The highest BCUT2D eigenvalue weighted by atomic mass is 32.1. The highest BCUT2D eigenvalue weighted by Gasteiger charge is 2.18. The number of nitro benzene ring substituents is 1. The summed E-state index contributed by atoms with van der Waals surface area (Å²) >= 11 is 1.49. The molecule has 6 nitrogen and oxygen atoms in total. The molecule has 0 saturated heterocycles. The van der Waals surface area contributed by atoms with E-state index in [1.807, 2.05) is 36.4 Å². The average Bonchev–Trinajstić information content (AvgIpc) is 3.24. The summed E-state index contributed by atoms with van der Waals surface area (Å²) in [5.41, 5.74) is 3.82. The van der Waals surface area contributed by atoms with E-state index >= 15 is 0 Å². The van der Waals surface area contributed by atoms with Gasteiger partial charge in [-0.1, -0.05) is 54.7 Å². The molecule has 4 aromatic rings. The summed E-state index contributed by atoms with van der Waals surface area (Å²) in [7, 11) is 0. The summed E-state index contributed by atoms with van der Waals surface area (Å²) in [5, 5.41) is 11.5. The van der Waals surface area contributed by atoms with Crippen LogP contribution in [0, 0.1) is 10.1 Å². The number of fused-ring (bicyclic) bond motifs is 1. The van der Waals surface area contributed by atoms with Gasteiger partial charge < -0.3 is 0 Å². The van der Waals surface area contributed by atoms with Gasteiger partial charge >= 0.3 is 0 Å². The number of non-ortho nitro benzene ring substituents is 1. The molecule has 0 saturated carbocycles. The quantitative estimate of drug-likeness (QED) is 0.199. The van der Waals surface area contributed by atoms with Crippen LogP contribution in [0.25, 0.3) is 16.3 Å². The number of carbonyl (C=O) groups excluding carboxylic acids is 1. The molecule has 0 radical (unpaired) electrons. The Kier molecular flexibility index (Phi) is 6.37. The third kappa shape index (κ3) is 4.90. The van der Waals surface area contributed by atoms with Gasteiger partial charge in [0.05, 0.1) is 21.7 Å². The van der Waals surface area contributed by atoms with Gasteiger partial charge in [-0.25, -0.2) is 4.98 Å². The van der Waals surface area contributed by atoms with Crippen molar-refractivity contribution in [2.45, 2.75) is 19.9 Å². The number of amides is 1. The summed E-state index contributed by atoms with van der Waals surface area (Å²) in [6, 6.07) is 22.0. The predicted octanol–water partition coefficient (Wildman–Crippen LogP) is 6.01. The van der Waals surface area contributed by atoms with Crippen molar-refractivity contribution >= 4 is 44.4 Å². The van der Waals surface area contributed by atoms with Gasteiger partial charge in [0, 0.05) is 18.2 Å². The van der Waals surface area contributed by atoms with Crippen LogP contribution in [0.1, 0.15) is 23.6 Å².